The van der Waals surface area contributed by atoms with Gasteiger partial charge in [-0.25, -0.2) is 8.42 Å². The van der Waals surface area contributed by atoms with Gasteiger partial charge in [0.15, 0.2) is 0 Å². The number of sulfonamides is 1. The molecule has 2 rings (SSSR count). The average molecular weight is 379 g/mol. The first-order valence-corrected chi connectivity index (χ1v) is 8.97. The fraction of sp³-hybridized carbons (Fsp3) is 0.333. The van der Waals surface area contributed by atoms with Crippen LogP contribution in [-0.4, -0.2) is 26.8 Å². The molecular weight excluding hydrogens is 364 g/mol. The molecule has 20 heavy (non-hydrogen) atoms. The van der Waals surface area contributed by atoms with Gasteiger partial charge in [0, 0.05) is 13.6 Å². The molecule has 0 radical (unpaired) electrons. The van der Waals surface area contributed by atoms with Crippen LogP contribution < -0.4 is 5.32 Å². The summed E-state index contributed by atoms with van der Waals surface area (Å²) < 4.78 is 32.3. The monoisotopic (exact) mass is 378 g/mol. The molecule has 0 aliphatic heterocycles. The molecule has 0 saturated heterocycles. The first-order valence-electron chi connectivity index (χ1n) is 5.86. The van der Waals surface area contributed by atoms with Crippen molar-refractivity contribution in [3.05, 3.63) is 38.7 Å². The fourth-order valence-corrected chi connectivity index (χ4v) is 3.97. The number of nitrogens with one attached hydrogen (secondary N) is 1. The molecule has 0 atom stereocenters. The second-order valence-corrected chi connectivity index (χ2v) is 8.54. The molecule has 2 heterocycles. The van der Waals surface area contributed by atoms with Gasteiger partial charge in [-0.3, -0.25) is 0 Å². The Kier molecular flexibility index (Phi) is 5.03. The lowest BCUT2D eigenvalue weighted by molar-refractivity contribution is 0.382. The largest absolute Gasteiger partial charge is 0.447 e. The molecule has 8 heteroatoms. The summed E-state index contributed by atoms with van der Waals surface area (Å²) in [6.07, 6.45) is 0. The van der Waals surface area contributed by atoms with Crippen molar-refractivity contribution in [2.24, 2.45) is 0 Å². The highest BCUT2D eigenvalue weighted by atomic mass is 79.9. The van der Waals surface area contributed by atoms with Gasteiger partial charge in [-0.05, 0) is 52.1 Å². The lowest BCUT2D eigenvalue weighted by Crippen LogP contribution is -2.25. The number of furan rings is 1. The third kappa shape index (κ3) is 3.50. The zero-order chi connectivity index (χ0) is 14.8. The van der Waals surface area contributed by atoms with Gasteiger partial charge in [0.05, 0.1) is 10.3 Å². The Morgan fingerprint density at radius 1 is 1.45 bits per heavy atom. The van der Waals surface area contributed by atoms with Gasteiger partial charge in [0.1, 0.15) is 5.76 Å². The second-order valence-electron chi connectivity index (χ2n) is 4.27. The molecule has 0 aliphatic carbocycles. The molecule has 1 N–H and O–H groups in total. The van der Waals surface area contributed by atoms with Crippen molar-refractivity contribution in [3.63, 3.8) is 0 Å². The molecule has 0 aliphatic rings. The Morgan fingerprint density at radius 3 is 2.80 bits per heavy atom. The van der Waals surface area contributed by atoms with Gasteiger partial charge >= 0.3 is 0 Å². The molecule has 0 unspecified atom stereocenters. The number of thiophene rings is 1. The van der Waals surface area contributed by atoms with Crippen LogP contribution in [0.4, 0.5) is 0 Å². The third-order valence-electron chi connectivity index (χ3n) is 2.68. The molecular formula is C12H15BrN2O3S2. The normalized spacial score (nSPS) is 12.2. The summed E-state index contributed by atoms with van der Waals surface area (Å²) in [6.45, 7) is 0.809. The summed E-state index contributed by atoms with van der Waals surface area (Å²) in [5.74, 6) is 0.595. The molecule has 0 aromatic carbocycles. The summed E-state index contributed by atoms with van der Waals surface area (Å²) in [5.41, 5.74) is 0.940. The van der Waals surface area contributed by atoms with E-state index in [1.165, 1.54) is 21.7 Å². The number of rotatable bonds is 6. The molecule has 0 fully saturated rings. The second kappa shape index (κ2) is 6.40. The molecule has 0 saturated carbocycles. The average Bonchev–Trinajstić information content (AvgIpc) is 2.99. The first kappa shape index (κ1) is 15.7. The molecule has 0 spiro atoms. The summed E-state index contributed by atoms with van der Waals surface area (Å²) in [6, 6.07) is 5.06. The molecule has 2 aromatic heterocycles. The third-order valence-corrected chi connectivity index (χ3v) is 5.91. The van der Waals surface area contributed by atoms with Crippen molar-refractivity contribution in [1.82, 2.24) is 9.62 Å². The molecule has 5 nitrogen and oxygen atoms in total. The zero-order valence-corrected chi connectivity index (χ0v) is 14.3. The fourth-order valence-electron chi connectivity index (χ4n) is 1.69. The number of nitrogens with zero attached hydrogens (tertiary/aromatic N) is 1. The van der Waals surface area contributed by atoms with Crippen LogP contribution in [0.2, 0.25) is 0 Å². The smallest absolute Gasteiger partial charge is 0.276 e. The minimum atomic E-state index is -3.60. The Morgan fingerprint density at radius 2 is 2.20 bits per heavy atom. The van der Waals surface area contributed by atoms with E-state index in [2.05, 4.69) is 21.2 Å². The Balaban J connectivity index is 2.15. The highest BCUT2D eigenvalue weighted by Gasteiger charge is 2.24. The van der Waals surface area contributed by atoms with Crippen LogP contribution in [0.25, 0.3) is 0 Å². The SMILES string of the molecule is CNCc1ccc(S(=O)(=O)N(C)Cc2csc(Br)c2)o1. The highest BCUT2D eigenvalue weighted by molar-refractivity contribution is 9.11. The Hall–Kier alpha value is -0.670. The molecule has 110 valence electrons. The van der Waals surface area contributed by atoms with Gasteiger partial charge in [0.25, 0.3) is 10.0 Å². The van der Waals surface area contributed by atoms with Crippen LogP contribution in [0, 0.1) is 0 Å². The summed E-state index contributed by atoms with van der Waals surface area (Å²) in [7, 11) is -0.279. The lowest BCUT2D eigenvalue weighted by Gasteiger charge is -2.14. The number of hydrogen-bond donors (Lipinski definition) is 1. The van der Waals surface area contributed by atoms with Crippen LogP contribution in [0.3, 0.4) is 0 Å². The van der Waals surface area contributed by atoms with Crippen molar-refractivity contribution in [1.29, 1.82) is 0 Å². The minimum Gasteiger partial charge on any atom is -0.447 e. The topological polar surface area (TPSA) is 62.6 Å². The van der Waals surface area contributed by atoms with Gasteiger partial charge in [-0.15, -0.1) is 11.3 Å². The number of halogens is 1. The molecule has 2 aromatic rings. The van der Waals surface area contributed by atoms with Crippen LogP contribution in [0.5, 0.6) is 0 Å². The van der Waals surface area contributed by atoms with E-state index < -0.39 is 10.0 Å². The standard InChI is InChI=1S/C12H15BrN2O3S2/c1-14-6-10-3-4-12(18-10)20(16,17)15(2)7-9-5-11(13)19-8-9/h3-5,8,14H,6-7H2,1-2H3. The van der Waals surface area contributed by atoms with Gasteiger partial charge < -0.3 is 9.73 Å². The van der Waals surface area contributed by atoms with Crippen molar-refractivity contribution < 1.29 is 12.8 Å². The van der Waals surface area contributed by atoms with Crippen molar-refractivity contribution in [2.45, 2.75) is 18.2 Å². The maximum Gasteiger partial charge on any atom is 0.276 e. The van der Waals surface area contributed by atoms with Gasteiger partial charge in [-0.1, -0.05) is 0 Å². The van der Waals surface area contributed by atoms with Crippen LogP contribution in [-0.2, 0) is 23.1 Å². The maximum atomic E-state index is 12.4. The van der Waals surface area contributed by atoms with E-state index in [0.29, 0.717) is 18.8 Å². The van der Waals surface area contributed by atoms with Crippen LogP contribution >= 0.6 is 27.3 Å². The predicted octanol–water partition coefficient (Wildman–Crippen LogP) is 2.64. The summed E-state index contributed by atoms with van der Waals surface area (Å²) in [4.78, 5) is 0. The first-order chi connectivity index (χ1) is 9.43. The van der Waals surface area contributed by atoms with Gasteiger partial charge in [-0.2, -0.15) is 4.31 Å². The minimum absolute atomic E-state index is 0.0282. The van der Waals surface area contributed by atoms with E-state index in [1.54, 1.807) is 20.2 Å². The van der Waals surface area contributed by atoms with E-state index in [9.17, 15) is 8.42 Å². The van der Waals surface area contributed by atoms with E-state index >= 15 is 0 Å². The zero-order valence-electron chi connectivity index (χ0n) is 11.1. The van der Waals surface area contributed by atoms with E-state index in [4.69, 9.17) is 4.42 Å². The van der Waals surface area contributed by atoms with E-state index in [-0.39, 0.29) is 5.09 Å². The van der Waals surface area contributed by atoms with Crippen molar-refractivity contribution in [2.75, 3.05) is 14.1 Å². The van der Waals surface area contributed by atoms with Gasteiger partial charge in [0.2, 0.25) is 5.09 Å². The number of hydrogen-bond acceptors (Lipinski definition) is 5. The Bertz CT molecular complexity index is 678. The quantitative estimate of drug-likeness (QED) is 0.838. The molecule has 0 amide bonds. The summed E-state index contributed by atoms with van der Waals surface area (Å²) in [5, 5.41) is 4.81. The van der Waals surface area contributed by atoms with Crippen molar-refractivity contribution >= 4 is 37.3 Å². The predicted molar refractivity (Wildman–Crippen MR) is 82.1 cm³/mol. The Labute approximate surface area is 130 Å². The molecule has 0 bridgehead atoms. The van der Waals surface area contributed by atoms with Crippen LogP contribution in [0.1, 0.15) is 11.3 Å². The maximum absolute atomic E-state index is 12.4. The van der Waals surface area contributed by atoms with E-state index in [1.807, 2.05) is 11.4 Å². The van der Waals surface area contributed by atoms with Crippen molar-refractivity contribution in [3.8, 4) is 0 Å². The van der Waals surface area contributed by atoms with Crippen LogP contribution in [0.15, 0.2) is 36.9 Å². The summed E-state index contributed by atoms with van der Waals surface area (Å²) >= 11 is 4.89. The highest BCUT2D eigenvalue weighted by Crippen LogP contribution is 2.24. The lowest BCUT2D eigenvalue weighted by atomic mass is 10.3. The van der Waals surface area contributed by atoms with E-state index in [0.717, 1.165) is 9.35 Å².